The third-order valence-corrected chi connectivity index (χ3v) is 3.97. The minimum Gasteiger partial charge on any atom is -0.382 e. The van der Waals surface area contributed by atoms with Crippen LogP contribution < -0.4 is 10.0 Å². The predicted octanol–water partition coefficient (Wildman–Crippen LogP) is -0.451. The smallest absolute Gasteiger partial charge is 0.354 e. The zero-order valence-corrected chi connectivity index (χ0v) is 11.2. The third-order valence-electron chi connectivity index (χ3n) is 2.43. The fourth-order valence-electron chi connectivity index (χ4n) is 1.54. The summed E-state index contributed by atoms with van der Waals surface area (Å²) in [5.41, 5.74) is 4.96. The van der Waals surface area contributed by atoms with E-state index in [1.165, 1.54) is 13.4 Å². The molecule has 0 saturated heterocycles. The van der Waals surface area contributed by atoms with E-state index in [0.29, 0.717) is 0 Å². The maximum Gasteiger partial charge on any atom is 0.354 e. The second-order valence-corrected chi connectivity index (χ2v) is 5.30. The van der Waals surface area contributed by atoms with Gasteiger partial charge in [0.2, 0.25) is 5.65 Å². The SMILES string of the molecule is CCC(OC)S(=O)(=O)On1cnc2c(N)ncnc21. The first kappa shape index (κ1) is 13.5. The van der Waals surface area contributed by atoms with E-state index in [1.54, 1.807) is 6.92 Å². The summed E-state index contributed by atoms with van der Waals surface area (Å²) in [5.74, 6) is 0.142. The van der Waals surface area contributed by atoms with Gasteiger partial charge in [0, 0.05) is 7.11 Å². The van der Waals surface area contributed by atoms with Crippen LogP contribution in [0.15, 0.2) is 12.7 Å². The Balaban J connectivity index is 2.39. The standard InChI is InChI=1S/C9H13N5O4S/c1-3-6(17-2)19(15,16)18-14-5-13-7-8(10)11-4-12-9(7)14/h4-6H,3H2,1-2H3,(H2,10,11,12). The van der Waals surface area contributed by atoms with E-state index in [-0.39, 0.29) is 23.4 Å². The van der Waals surface area contributed by atoms with Crippen LogP contribution in [-0.4, -0.2) is 40.6 Å². The zero-order valence-electron chi connectivity index (χ0n) is 10.3. The fourth-order valence-corrected chi connectivity index (χ4v) is 2.61. The second-order valence-electron chi connectivity index (χ2n) is 3.64. The number of hydrogen-bond acceptors (Lipinski definition) is 8. The number of fused-ring (bicyclic) bond motifs is 1. The lowest BCUT2D eigenvalue weighted by Gasteiger charge is -2.14. The van der Waals surface area contributed by atoms with E-state index >= 15 is 0 Å². The number of imidazole rings is 1. The van der Waals surface area contributed by atoms with Gasteiger partial charge in [0.1, 0.15) is 12.7 Å². The van der Waals surface area contributed by atoms with Gasteiger partial charge in [0.15, 0.2) is 16.8 Å². The Morgan fingerprint density at radius 2 is 2.16 bits per heavy atom. The normalized spacial score (nSPS) is 13.6. The van der Waals surface area contributed by atoms with Crippen LogP contribution >= 0.6 is 0 Å². The molecule has 0 fully saturated rings. The van der Waals surface area contributed by atoms with Crippen LogP contribution in [0, 0.1) is 0 Å². The van der Waals surface area contributed by atoms with Gasteiger partial charge in [-0.2, -0.15) is 8.42 Å². The molecule has 2 rings (SSSR count). The van der Waals surface area contributed by atoms with Gasteiger partial charge in [0.25, 0.3) is 0 Å². The number of rotatable bonds is 5. The quantitative estimate of drug-likeness (QED) is 0.784. The first-order chi connectivity index (χ1) is 8.99. The Hall–Kier alpha value is -1.94. The van der Waals surface area contributed by atoms with E-state index in [2.05, 4.69) is 15.0 Å². The molecule has 2 aromatic rings. The van der Waals surface area contributed by atoms with Crippen LogP contribution in [0.3, 0.4) is 0 Å². The molecule has 2 heterocycles. The lowest BCUT2D eigenvalue weighted by Crippen LogP contribution is -2.31. The van der Waals surface area contributed by atoms with Gasteiger partial charge in [-0.25, -0.2) is 15.0 Å². The highest BCUT2D eigenvalue weighted by Crippen LogP contribution is 2.15. The highest BCUT2D eigenvalue weighted by atomic mass is 32.2. The summed E-state index contributed by atoms with van der Waals surface area (Å²) in [7, 11) is -2.66. The van der Waals surface area contributed by atoms with Gasteiger partial charge in [0.05, 0.1) is 0 Å². The molecule has 10 heteroatoms. The summed E-state index contributed by atoms with van der Waals surface area (Å²) in [4.78, 5) is 11.5. The zero-order chi connectivity index (χ0) is 14.0. The Morgan fingerprint density at radius 1 is 1.42 bits per heavy atom. The summed E-state index contributed by atoms with van der Waals surface area (Å²) in [6, 6.07) is 0. The van der Waals surface area contributed by atoms with Crippen molar-refractivity contribution in [2.24, 2.45) is 0 Å². The molecular formula is C9H13N5O4S. The van der Waals surface area contributed by atoms with Crippen LogP contribution in [0.4, 0.5) is 5.82 Å². The van der Waals surface area contributed by atoms with Gasteiger partial charge in [-0.3, -0.25) is 4.28 Å². The number of hydrogen-bond donors (Lipinski definition) is 1. The molecule has 0 spiro atoms. The molecule has 104 valence electrons. The summed E-state index contributed by atoms with van der Waals surface area (Å²) in [5, 5.41) is 0. The molecule has 0 bridgehead atoms. The van der Waals surface area contributed by atoms with Gasteiger partial charge in [-0.15, -0.1) is 4.73 Å². The Morgan fingerprint density at radius 3 is 2.79 bits per heavy atom. The highest BCUT2D eigenvalue weighted by Gasteiger charge is 2.27. The molecule has 9 nitrogen and oxygen atoms in total. The highest BCUT2D eigenvalue weighted by molar-refractivity contribution is 7.87. The predicted molar refractivity (Wildman–Crippen MR) is 66.3 cm³/mol. The average Bonchev–Trinajstić information content (AvgIpc) is 2.74. The lowest BCUT2D eigenvalue weighted by molar-refractivity contribution is 0.141. The van der Waals surface area contributed by atoms with E-state index in [4.69, 9.17) is 14.8 Å². The van der Waals surface area contributed by atoms with E-state index in [1.807, 2.05) is 0 Å². The minimum atomic E-state index is -3.95. The van der Waals surface area contributed by atoms with Gasteiger partial charge >= 0.3 is 10.1 Å². The number of nitrogens with zero attached hydrogens (tertiary/aromatic N) is 4. The molecule has 0 saturated carbocycles. The van der Waals surface area contributed by atoms with Gasteiger partial charge in [-0.05, 0) is 6.42 Å². The molecule has 2 N–H and O–H groups in total. The van der Waals surface area contributed by atoms with Crippen LogP contribution in [-0.2, 0) is 14.9 Å². The summed E-state index contributed by atoms with van der Waals surface area (Å²) in [6.45, 7) is 1.67. The van der Waals surface area contributed by atoms with Crippen molar-refractivity contribution >= 4 is 27.1 Å². The van der Waals surface area contributed by atoms with Crippen LogP contribution in [0.1, 0.15) is 13.3 Å². The van der Waals surface area contributed by atoms with Crippen LogP contribution in [0.25, 0.3) is 11.2 Å². The Labute approximate surface area is 109 Å². The molecule has 0 aliphatic carbocycles. The maximum absolute atomic E-state index is 11.9. The largest absolute Gasteiger partial charge is 0.382 e. The van der Waals surface area contributed by atoms with E-state index in [0.717, 1.165) is 11.1 Å². The van der Waals surface area contributed by atoms with Crippen molar-refractivity contribution < 1.29 is 17.4 Å². The molecular weight excluding hydrogens is 274 g/mol. The molecule has 0 amide bonds. The molecule has 2 aromatic heterocycles. The number of ether oxygens (including phenoxy) is 1. The number of methoxy groups -OCH3 is 1. The van der Waals surface area contributed by atoms with Crippen molar-refractivity contribution in [2.75, 3.05) is 12.8 Å². The fraction of sp³-hybridized carbons (Fsp3) is 0.444. The van der Waals surface area contributed by atoms with Crippen molar-refractivity contribution in [1.82, 2.24) is 19.7 Å². The lowest BCUT2D eigenvalue weighted by atomic mass is 10.5. The number of nitrogen functional groups attached to an aromatic ring is 1. The Bertz CT molecular complexity index is 679. The van der Waals surface area contributed by atoms with Crippen molar-refractivity contribution in [3.63, 3.8) is 0 Å². The molecule has 0 aliphatic heterocycles. The van der Waals surface area contributed by atoms with E-state index < -0.39 is 15.6 Å². The average molecular weight is 287 g/mol. The van der Waals surface area contributed by atoms with Crippen molar-refractivity contribution in [2.45, 2.75) is 18.8 Å². The second kappa shape index (κ2) is 4.97. The van der Waals surface area contributed by atoms with Gasteiger partial charge < -0.3 is 10.5 Å². The molecule has 0 aliphatic rings. The molecule has 1 unspecified atom stereocenters. The van der Waals surface area contributed by atoms with Crippen molar-refractivity contribution in [3.05, 3.63) is 12.7 Å². The molecule has 0 aromatic carbocycles. The third kappa shape index (κ3) is 2.44. The molecule has 19 heavy (non-hydrogen) atoms. The number of aromatic nitrogens is 4. The first-order valence-electron chi connectivity index (χ1n) is 5.39. The molecule has 1 atom stereocenters. The monoisotopic (exact) mass is 287 g/mol. The van der Waals surface area contributed by atoms with Crippen LogP contribution in [0.2, 0.25) is 0 Å². The van der Waals surface area contributed by atoms with Crippen molar-refractivity contribution in [1.29, 1.82) is 0 Å². The van der Waals surface area contributed by atoms with E-state index in [9.17, 15) is 8.42 Å². The van der Waals surface area contributed by atoms with Crippen molar-refractivity contribution in [3.8, 4) is 0 Å². The minimum absolute atomic E-state index is 0.142. The first-order valence-corrected chi connectivity index (χ1v) is 6.86. The summed E-state index contributed by atoms with van der Waals surface area (Å²) < 4.78 is 34.5. The topological polar surface area (TPSA) is 122 Å². The summed E-state index contributed by atoms with van der Waals surface area (Å²) in [6.07, 6.45) is 2.61. The Kier molecular flexibility index (Phi) is 3.53. The van der Waals surface area contributed by atoms with Gasteiger partial charge in [-0.1, -0.05) is 6.92 Å². The number of anilines is 1. The maximum atomic E-state index is 11.9. The summed E-state index contributed by atoms with van der Waals surface area (Å²) >= 11 is 0. The number of nitrogens with two attached hydrogens (primary N) is 1. The molecule has 0 radical (unpaired) electrons. The van der Waals surface area contributed by atoms with Crippen LogP contribution in [0.5, 0.6) is 0 Å².